The van der Waals surface area contributed by atoms with Gasteiger partial charge in [-0.15, -0.1) is 0 Å². The van der Waals surface area contributed by atoms with Crippen molar-refractivity contribution in [1.82, 2.24) is 5.32 Å². The van der Waals surface area contributed by atoms with Crippen LogP contribution in [0.4, 0.5) is 0 Å². The summed E-state index contributed by atoms with van der Waals surface area (Å²) in [4.78, 5) is 10.9. The molecule has 0 aliphatic heterocycles. The Hall–Kier alpha value is -1.59. The molecule has 3 N–H and O–H groups in total. The fraction of sp³-hybridized carbons (Fsp3) is 0.500. The molecule has 1 amide bonds. The molecule has 0 saturated carbocycles. The van der Waals surface area contributed by atoms with Crippen LogP contribution in [0.3, 0.4) is 0 Å². The second-order valence-electron chi connectivity index (χ2n) is 4.43. The van der Waals surface area contributed by atoms with Gasteiger partial charge in [-0.2, -0.15) is 0 Å². The predicted molar refractivity (Wildman–Crippen MR) is 73.9 cm³/mol. The molecule has 0 heterocycles. The molecule has 1 aromatic carbocycles. The van der Waals surface area contributed by atoms with E-state index in [1.807, 2.05) is 24.3 Å². The molecular weight excluding hydrogens is 244 g/mol. The third-order valence-corrected chi connectivity index (χ3v) is 2.70. The Morgan fingerprint density at radius 3 is 2.95 bits per heavy atom. The van der Waals surface area contributed by atoms with Crippen LogP contribution in [0.1, 0.15) is 12.5 Å². The predicted octanol–water partition coefficient (Wildman–Crippen LogP) is 0.923. The van der Waals surface area contributed by atoms with Crippen molar-refractivity contribution in [2.75, 3.05) is 26.9 Å². The third kappa shape index (κ3) is 6.22. The molecule has 1 unspecified atom stereocenters. The van der Waals surface area contributed by atoms with Gasteiger partial charge in [0.05, 0.1) is 19.1 Å². The van der Waals surface area contributed by atoms with Crippen LogP contribution in [0.5, 0.6) is 5.75 Å². The molecule has 106 valence electrons. The molecule has 0 aliphatic carbocycles. The van der Waals surface area contributed by atoms with Gasteiger partial charge in [-0.3, -0.25) is 4.79 Å². The zero-order valence-electron chi connectivity index (χ0n) is 11.5. The lowest BCUT2D eigenvalue weighted by molar-refractivity contribution is -0.122. The van der Waals surface area contributed by atoms with Crippen molar-refractivity contribution in [2.45, 2.75) is 13.5 Å². The van der Waals surface area contributed by atoms with Crippen LogP contribution in [0.15, 0.2) is 24.3 Å². The van der Waals surface area contributed by atoms with E-state index in [9.17, 15) is 4.79 Å². The Balaban J connectivity index is 2.41. The van der Waals surface area contributed by atoms with Gasteiger partial charge < -0.3 is 20.5 Å². The van der Waals surface area contributed by atoms with Crippen molar-refractivity contribution >= 4 is 5.91 Å². The van der Waals surface area contributed by atoms with E-state index in [2.05, 4.69) is 5.32 Å². The van der Waals surface area contributed by atoms with Gasteiger partial charge in [0.25, 0.3) is 0 Å². The lowest BCUT2D eigenvalue weighted by Gasteiger charge is -2.11. The van der Waals surface area contributed by atoms with Gasteiger partial charge in [0.15, 0.2) is 0 Å². The number of hydrogen-bond acceptors (Lipinski definition) is 4. The molecule has 19 heavy (non-hydrogen) atoms. The second kappa shape index (κ2) is 8.50. The average Bonchev–Trinajstić information content (AvgIpc) is 2.41. The van der Waals surface area contributed by atoms with Crippen molar-refractivity contribution in [3.63, 3.8) is 0 Å². The number of ether oxygens (including phenoxy) is 2. The number of benzene rings is 1. The van der Waals surface area contributed by atoms with Gasteiger partial charge in [-0.25, -0.2) is 0 Å². The number of hydrogen-bond donors (Lipinski definition) is 2. The van der Waals surface area contributed by atoms with Crippen LogP contribution < -0.4 is 15.8 Å². The molecule has 0 saturated heterocycles. The smallest absolute Gasteiger partial charge is 0.223 e. The lowest BCUT2D eigenvalue weighted by atomic mass is 10.2. The summed E-state index contributed by atoms with van der Waals surface area (Å²) in [6.45, 7) is 4.30. The van der Waals surface area contributed by atoms with E-state index < -0.39 is 0 Å². The zero-order chi connectivity index (χ0) is 14.1. The van der Waals surface area contributed by atoms with Crippen molar-refractivity contribution in [2.24, 2.45) is 11.7 Å². The highest BCUT2D eigenvalue weighted by Gasteiger charge is 2.09. The number of methoxy groups -OCH3 is 1. The van der Waals surface area contributed by atoms with Gasteiger partial charge in [0.1, 0.15) is 5.75 Å². The van der Waals surface area contributed by atoms with E-state index in [0.717, 1.165) is 24.4 Å². The van der Waals surface area contributed by atoms with Gasteiger partial charge in [0.2, 0.25) is 5.91 Å². The van der Waals surface area contributed by atoms with Crippen LogP contribution >= 0.6 is 0 Å². The first-order valence-corrected chi connectivity index (χ1v) is 6.34. The Labute approximate surface area is 114 Å². The van der Waals surface area contributed by atoms with Crippen LogP contribution in [-0.4, -0.2) is 32.8 Å². The number of carbonyl (C=O) groups is 1. The third-order valence-electron chi connectivity index (χ3n) is 2.70. The minimum absolute atomic E-state index is 0.288. The highest BCUT2D eigenvalue weighted by Crippen LogP contribution is 2.14. The molecule has 5 nitrogen and oxygen atoms in total. The lowest BCUT2D eigenvalue weighted by Crippen LogP contribution is -2.25. The van der Waals surface area contributed by atoms with Crippen molar-refractivity contribution in [3.05, 3.63) is 29.8 Å². The molecule has 5 heteroatoms. The quantitative estimate of drug-likeness (QED) is 0.652. The number of nitrogens with two attached hydrogens (primary N) is 1. The van der Waals surface area contributed by atoms with Crippen LogP contribution in [-0.2, 0) is 16.1 Å². The Morgan fingerprint density at radius 1 is 1.47 bits per heavy atom. The maximum absolute atomic E-state index is 10.9. The summed E-state index contributed by atoms with van der Waals surface area (Å²) in [5, 5.41) is 3.26. The van der Waals surface area contributed by atoms with Crippen molar-refractivity contribution in [1.29, 1.82) is 0 Å². The average molecular weight is 266 g/mol. The Bertz CT molecular complexity index is 396. The fourth-order valence-corrected chi connectivity index (χ4v) is 1.46. The molecule has 1 rings (SSSR count). The summed E-state index contributed by atoms with van der Waals surface area (Å²) < 4.78 is 10.5. The number of rotatable bonds is 9. The van der Waals surface area contributed by atoms with Gasteiger partial charge >= 0.3 is 0 Å². The number of amides is 1. The summed E-state index contributed by atoms with van der Waals surface area (Å²) >= 11 is 0. The van der Waals surface area contributed by atoms with Crippen LogP contribution in [0.2, 0.25) is 0 Å². The van der Waals surface area contributed by atoms with Gasteiger partial charge in [-0.05, 0) is 17.7 Å². The zero-order valence-corrected chi connectivity index (χ0v) is 11.5. The minimum Gasteiger partial charge on any atom is -0.493 e. The standard InChI is InChI=1S/C14H22N2O3/c1-11(14(15)17)10-19-13-5-3-4-12(8-13)9-16-6-7-18-2/h3-5,8,11,16H,6-7,9-10H2,1-2H3,(H2,15,17). The second-order valence-corrected chi connectivity index (χ2v) is 4.43. The molecule has 0 spiro atoms. The van der Waals surface area contributed by atoms with Crippen molar-refractivity contribution in [3.8, 4) is 5.75 Å². The summed E-state index contributed by atoms with van der Waals surface area (Å²) in [7, 11) is 1.68. The normalized spacial score (nSPS) is 12.1. The topological polar surface area (TPSA) is 73.6 Å². The molecule has 0 bridgehead atoms. The SMILES string of the molecule is COCCNCc1cccc(OCC(C)C(N)=O)c1. The molecule has 0 aromatic heterocycles. The molecule has 1 atom stereocenters. The molecular formula is C14H22N2O3. The maximum atomic E-state index is 10.9. The molecule has 0 radical (unpaired) electrons. The first-order chi connectivity index (χ1) is 9.13. The summed E-state index contributed by atoms with van der Waals surface area (Å²) in [5.41, 5.74) is 6.31. The van der Waals surface area contributed by atoms with E-state index >= 15 is 0 Å². The van der Waals surface area contributed by atoms with Crippen LogP contribution in [0, 0.1) is 5.92 Å². The minimum atomic E-state index is -0.350. The van der Waals surface area contributed by atoms with Gasteiger partial charge in [-0.1, -0.05) is 19.1 Å². The Kier molecular flexibility index (Phi) is 6.92. The van der Waals surface area contributed by atoms with E-state index in [0.29, 0.717) is 13.2 Å². The highest BCUT2D eigenvalue weighted by atomic mass is 16.5. The number of carbonyl (C=O) groups excluding carboxylic acids is 1. The van der Waals surface area contributed by atoms with E-state index in [1.54, 1.807) is 14.0 Å². The van der Waals surface area contributed by atoms with Gasteiger partial charge in [0, 0.05) is 20.2 Å². The van der Waals surface area contributed by atoms with E-state index in [1.165, 1.54) is 0 Å². The van der Waals surface area contributed by atoms with E-state index in [-0.39, 0.29) is 11.8 Å². The monoisotopic (exact) mass is 266 g/mol. The summed E-state index contributed by atoms with van der Waals surface area (Å²) in [5.74, 6) is 0.111. The molecule has 1 aromatic rings. The molecule has 0 fully saturated rings. The highest BCUT2D eigenvalue weighted by molar-refractivity contribution is 5.76. The molecule has 0 aliphatic rings. The first-order valence-electron chi connectivity index (χ1n) is 6.34. The number of nitrogens with one attached hydrogen (secondary N) is 1. The fourth-order valence-electron chi connectivity index (χ4n) is 1.46. The van der Waals surface area contributed by atoms with Crippen LogP contribution in [0.25, 0.3) is 0 Å². The first kappa shape index (κ1) is 15.5. The Morgan fingerprint density at radius 2 is 2.26 bits per heavy atom. The summed E-state index contributed by atoms with van der Waals surface area (Å²) in [6, 6.07) is 7.77. The van der Waals surface area contributed by atoms with E-state index in [4.69, 9.17) is 15.2 Å². The van der Waals surface area contributed by atoms with Crippen molar-refractivity contribution < 1.29 is 14.3 Å². The maximum Gasteiger partial charge on any atom is 0.223 e. The largest absolute Gasteiger partial charge is 0.493 e. The number of primary amides is 1. The summed E-state index contributed by atoms with van der Waals surface area (Å²) in [6.07, 6.45) is 0.